The highest BCUT2D eigenvalue weighted by molar-refractivity contribution is 5.73. The molecule has 1 aliphatic rings. The summed E-state index contributed by atoms with van der Waals surface area (Å²) in [5, 5.41) is 3.06. The van der Waals surface area contributed by atoms with Gasteiger partial charge in [0.2, 0.25) is 5.91 Å². The molecule has 0 aromatic heterocycles. The number of piperidine rings is 1. The normalized spacial score (nSPS) is 20.0. The van der Waals surface area contributed by atoms with Crippen molar-refractivity contribution in [2.75, 3.05) is 19.6 Å². The summed E-state index contributed by atoms with van der Waals surface area (Å²) in [5.74, 6) is 0.115. The van der Waals surface area contributed by atoms with Crippen LogP contribution in [0.3, 0.4) is 0 Å². The maximum absolute atomic E-state index is 11.1. The van der Waals surface area contributed by atoms with E-state index < -0.39 is 0 Å². The number of hydrogen-bond donors (Lipinski definition) is 1. The number of nitrogens with one attached hydrogen (secondary N) is 1. The van der Waals surface area contributed by atoms with Crippen LogP contribution in [0.1, 0.15) is 78.1 Å². The van der Waals surface area contributed by atoms with E-state index in [9.17, 15) is 4.79 Å². The van der Waals surface area contributed by atoms with Gasteiger partial charge < -0.3 is 10.2 Å². The predicted octanol–water partition coefficient (Wildman–Crippen LogP) is 3.73. The summed E-state index contributed by atoms with van der Waals surface area (Å²) >= 11 is 0. The molecule has 1 atom stereocenters. The molecule has 1 N–H and O–H groups in total. The van der Waals surface area contributed by atoms with Crippen molar-refractivity contribution in [3.8, 4) is 0 Å². The Balaban J connectivity index is 1.97. The van der Waals surface area contributed by atoms with Gasteiger partial charge in [0, 0.05) is 19.5 Å². The van der Waals surface area contributed by atoms with Crippen molar-refractivity contribution in [1.82, 2.24) is 10.2 Å². The van der Waals surface area contributed by atoms with Crippen molar-refractivity contribution in [2.45, 2.75) is 84.1 Å². The predicted molar refractivity (Wildman–Crippen MR) is 85.9 cm³/mol. The quantitative estimate of drug-likeness (QED) is 0.619. The van der Waals surface area contributed by atoms with Gasteiger partial charge in [0.25, 0.3) is 0 Å². The number of hydrogen-bond acceptors (Lipinski definition) is 2. The SMILES string of the molecule is CCCCCCCCCCN1CCC[C@H](NC(C)=O)C1. The lowest BCUT2D eigenvalue weighted by Crippen LogP contribution is -2.47. The summed E-state index contributed by atoms with van der Waals surface area (Å²) in [6.45, 7) is 7.37. The van der Waals surface area contributed by atoms with Gasteiger partial charge in [-0.05, 0) is 32.4 Å². The first-order valence-electron chi connectivity index (χ1n) is 8.72. The Morgan fingerprint density at radius 1 is 1.10 bits per heavy atom. The van der Waals surface area contributed by atoms with Gasteiger partial charge in [-0.1, -0.05) is 51.9 Å². The van der Waals surface area contributed by atoms with Crippen LogP contribution in [0, 0.1) is 0 Å². The second kappa shape index (κ2) is 11.1. The van der Waals surface area contributed by atoms with E-state index in [1.807, 2.05) is 0 Å². The van der Waals surface area contributed by atoms with Crippen LogP contribution in [0.4, 0.5) is 0 Å². The molecule has 3 nitrogen and oxygen atoms in total. The van der Waals surface area contributed by atoms with E-state index in [2.05, 4.69) is 17.1 Å². The van der Waals surface area contributed by atoms with Gasteiger partial charge in [-0.2, -0.15) is 0 Å². The molecule has 0 radical (unpaired) electrons. The number of carbonyl (C=O) groups is 1. The second-order valence-electron chi connectivity index (χ2n) is 6.32. The fraction of sp³-hybridized carbons (Fsp3) is 0.941. The average molecular weight is 282 g/mol. The molecule has 0 spiro atoms. The van der Waals surface area contributed by atoms with Crippen LogP contribution >= 0.6 is 0 Å². The molecule has 118 valence electrons. The Hall–Kier alpha value is -0.570. The van der Waals surface area contributed by atoms with E-state index in [1.165, 1.54) is 70.9 Å². The van der Waals surface area contributed by atoms with Crippen LogP contribution in [-0.4, -0.2) is 36.5 Å². The number of unbranched alkanes of at least 4 members (excludes halogenated alkanes) is 7. The van der Waals surface area contributed by atoms with Crippen LogP contribution in [-0.2, 0) is 4.79 Å². The minimum atomic E-state index is 0.115. The van der Waals surface area contributed by atoms with Crippen LogP contribution in [0.15, 0.2) is 0 Å². The zero-order valence-corrected chi connectivity index (χ0v) is 13.6. The first kappa shape index (κ1) is 17.5. The minimum Gasteiger partial charge on any atom is -0.352 e. The van der Waals surface area contributed by atoms with Gasteiger partial charge in [-0.3, -0.25) is 4.79 Å². The molecule has 1 saturated heterocycles. The van der Waals surface area contributed by atoms with Crippen LogP contribution in [0.25, 0.3) is 0 Å². The van der Waals surface area contributed by atoms with Crippen molar-refractivity contribution in [2.24, 2.45) is 0 Å². The first-order chi connectivity index (χ1) is 9.72. The number of carbonyl (C=O) groups excluding carboxylic acids is 1. The van der Waals surface area contributed by atoms with Gasteiger partial charge in [0.15, 0.2) is 0 Å². The third-order valence-electron chi connectivity index (χ3n) is 4.24. The van der Waals surface area contributed by atoms with Gasteiger partial charge in [0.1, 0.15) is 0 Å². The zero-order valence-electron chi connectivity index (χ0n) is 13.6. The lowest BCUT2D eigenvalue weighted by atomic mass is 10.0. The number of likely N-dealkylation sites (tertiary alicyclic amines) is 1. The molecule has 0 aromatic rings. The van der Waals surface area contributed by atoms with Crippen LogP contribution in [0.5, 0.6) is 0 Å². The Morgan fingerprint density at radius 3 is 2.40 bits per heavy atom. The van der Waals surface area contributed by atoms with E-state index >= 15 is 0 Å². The molecule has 0 unspecified atom stereocenters. The average Bonchev–Trinajstić information content (AvgIpc) is 2.41. The maximum Gasteiger partial charge on any atom is 0.217 e. The molecule has 0 saturated carbocycles. The monoisotopic (exact) mass is 282 g/mol. The molecule has 1 heterocycles. The molecule has 0 bridgehead atoms. The second-order valence-corrected chi connectivity index (χ2v) is 6.32. The summed E-state index contributed by atoms with van der Waals surface area (Å²) in [5.41, 5.74) is 0. The fourth-order valence-corrected chi connectivity index (χ4v) is 3.13. The standard InChI is InChI=1S/C17H34N2O/c1-3-4-5-6-7-8-9-10-13-19-14-11-12-17(15-19)18-16(2)20/h17H,3-15H2,1-2H3,(H,18,20)/t17-/m0/s1. The van der Waals surface area contributed by atoms with Gasteiger partial charge >= 0.3 is 0 Å². The van der Waals surface area contributed by atoms with Crippen molar-refractivity contribution in [3.05, 3.63) is 0 Å². The summed E-state index contributed by atoms with van der Waals surface area (Å²) in [4.78, 5) is 13.6. The molecular formula is C17H34N2O. The maximum atomic E-state index is 11.1. The molecule has 1 fully saturated rings. The largest absolute Gasteiger partial charge is 0.352 e. The Bertz CT molecular complexity index is 255. The first-order valence-corrected chi connectivity index (χ1v) is 8.72. The Morgan fingerprint density at radius 2 is 1.75 bits per heavy atom. The summed E-state index contributed by atoms with van der Waals surface area (Å²) in [6, 6.07) is 0.385. The zero-order chi connectivity index (χ0) is 14.6. The summed E-state index contributed by atoms with van der Waals surface area (Å²) in [7, 11) is 0. The molecule has 1 amide bonds. The molecule has 3 heteroatoms. The van der Waals surface area contributed by atoms with Crippen molar-refractivity contribution >= 4 is 5.91 Å². The third-order valence-corrected chi connectivity index (χ3v) is 4.24. The lowest BCUT2D eigenvalue weighted by molar-refractivity contribution is -0.120. The molecule has 1 aliphatic heterocycles. The van der Waals surface area contributed by atoms with Gasteiger partial charge in [-0.15, -0.1) is 0 Å². The Kier molecular flexibility index (Phi) is 9.73. The van der Waals surface area contributed by atoms with Crippen molar-refractivity contribution < 1.29 is 4.79 Å². The van der Waals surface area contributed by atoms with Gasteiger partial charge in [-0.25, -0.2) is 0 Å². The third kappa shape index (κ3) is 8.57. The smallest absolute Gasteiger partial charge is 0.217 e. The van der Waals surface area contributed by atoms with Crippen molar-refractivity contribution in [1.29, 1.82) is 0 Å². The van der Waals surface area contributed by atoms with E-state index in [4.69, 9.17) is 0 Å². The number of rotatable bonds is 10. The number of amides is 1. The lowest BCUT2D eigenvalue weighted by Gasteiger charge is -2.32. The van der Waals surface area contributed by atoms with E-state index in [0.717, 1.165) is 13.0 Å². The molecule has 1 rings (SSSR count). The topological polar surface area (TPSA) is 32.3 Å². The minimum absolute atomic E-state index is 0.115. The van der Waals surface area contributed by atoms with E-state index in [1.54, 1.807) is 6.92 Å². The molecule has 20 heavy (non-hydrogen) atoms. The Labute approximate surface area is 125 Å². The van der Waals surface area contributed by atoms with Crippen LogP contribution in [0.2, 0.25) is 0 Å². The highest BCUT2D eigenvalue weighted by Gasteiger charge is 2.19. The number of nitrogens with zero attached hydrogens (tertiary/aromatic N) is 1. The van der Waals surface area contributed by atoms with Crippen LogP contribution < -0.4 is 5.32 Å². The molecule has 0 aliphatic carbocycles. The summed E-state index contributed by atoms with van der Waals surface area (Å²) < 4.78 is 0. The summed E-state index contributed by atoms with van der Waals surface area (Å²) in [6.07, 6.45) is 13.4. The van der Waals surface area contributed by atoms with E-state index in [0.29, 0.717) is 6.04 Å². The molecule has 0 aromatic carbocycles. The van der Waals surface area contributed by atoms with Gasteiger partial charge in [0.05, 0.1) is 0 Å². The molecular weight excluding hydrogens is 248 g/mol. The van der Waals surface area contributed by atoms with Crippen molar-refractivity contribution in [3.63, 3.8) is 0 Å². The highest BCUT2D eigenvalue weighted by Crippen LogP contribution is 2.13. The van der Waals surface area contributed by atoms with E-state index in [-0.39, 0.29) is 5.91 Å². The highest BCUT2D eigenvalue weighted by atomic mass is 16.1. The fourth-order valence-electron chi connectivity index (χ4n) is 3.13.